The number of esters is 1. The first-order chi connectivity index (χ1) is 8.77. The molecule has 0 amide bonds. The highest BCUT2D eigenvalue weighted by molar-refractivity contribution is 5.71. The Balaban J connectivity index is 2.46. The summed E-state index contributed by atoms with van der Waals surface area (Å²) >= 11 is 0. The molecule has 1 aromatic rings. The highest BCUT2D eigenvalue weighted by Crippen LogP contribution is 2.17. The lowest BCUT2D eigenvalue weighted by Crippen LogP contribution is -2.24. The van der Waals surface area contributed by atoms with Crippen molar-refractivity contribution in [2.45, 2.75) is 13.5 Å². The van der Waals surface area contributed by atoms with Gasteiger partial charge in [-0.25, -0.2) is 0 Å². The molecule has 0 atom stereocenters. The van der Waals surface area contributed by atoms with Crippen LogP contribution < -0.4 is 10.1 Å². The van der Waals surface area contributed by atoms with Gasteiger partial charge in [0.25, 0.3) is 0 Å². The number of benzene rings is 1. The van der Waals surface area contributed by atoms with Gasteiger partial charge in [0.15, 0.2) is 0 Å². The number of para-hydroxylation sites is 1. The average Bonchev–Trinajstić information content (AvgIpc) is 2.38. The lowest BCUT2D eigenvalue weighted by atomic mass is 10.2. The van der Waals surface area contributed by atoms with Crippen LogP contribution in [0.3, 0.4) is 0 Å². The molecule has 0 radical (unpaired) electrons. The number of rotatable bonds is 7. The van der Waals surface area contributed by atoms with E-state index in [-0.39, 0.29) is 19.1 Å². The lowest BCUT2D eigenvalue weighted by Gasteiger charge is -2.10. The van der Waals surface area contributed by atoms with E-state index in [1.54, 1.807) is 6.92 Å². The number of nitrogens with one attached hydrogen (secondary N) is 1. The topological polar surface area (TPSA) is 47.6 Å². The van der Waals surface area contributed by atoms with Crippen LogP contribution >= 0.6 is 0 Å². The van der Waals surface area contributed by atoms with Gasteiger partial charge in [-0.2, -0.15) is 0 Å². The fraction of sp³-hybridized carbons (Fsp3) is 0.357. The third-order valence-electron chi connectivity index (χ3n) is 2.17. The van der Waals surface area contributed by atoms with E-state index in [4.69, 9.17) is 15.9 Å². The lowest BCUT2D eigenvalue weighted by molar-refractivity contribution is -0.142. The summed E-state index contributed by atoms with van der Waals surface area (Å²) in [4.78, 5) is 11.1. The molecule has 4 heteroatoms. The first kappa shape index (κ1) is 14.1. The molecule has 0 aliphatic carbocycles. The Hall–Kier alpha value is -1.99. The Kier molecular flexibility index (Phi) is 6.37. The maximum atomic E-state index is 11.1. The van der Waals surface area contributed by atoms with E-state index in [2.05, 4.69) is 11.2 Å². The van der Waals surface area contributed by atoms with Crippen LogP contribution in [-0.2, 0) is 16.1 Å². The minimum absolute atomic E-state index is 0.178. The molecule has 4 nitrogen and oxygen atoms in total. The van der Waals surface area contributed by atoms with Gasteiger partial charge in [0.1, 0.15) is 12.4 Å². The summed E-state index contributed by atoms with van der Waals surface area (Å²) in [5.41, 5.74) is 0.956. The second kappa shape index (κ2) is 8.15. The first-order valence-electron chi connectivity index (χ1n) is 5.78. The van der Waals surface area contributed by atoms with Crippen molar-refractivity contribution in [2.75, 3.05) is 19.8 Å². The van der Waals surface area contributed by atoms with Gasteiger partial charge in [0, 0.05) is 12.1 Å². The van der Waals surface area contributed by atoms with Crippen molar-refractivity contribution in [3.8, 4) is 18.1 Å². The normalized spacial score (nSPS) is 9.56. The summed E-state index contributed by atoms with van der Waals surface area (Å²) in [5, 5.41) is 3.00. The van der Waals surface area contributed by atoms with Crippen molar-refractivity contribution in [3.63, 3.8) is 0 Å². The number of hydrogen-bond donors (Lipinski definition) is 1. The van der Waals surface area contributed by atoms with Crippen molar-refractivity contribution in [1.29, 1.82) is 0 Å². The maximum absolute atomic E-state index is 11.1. The van der Waals surface area contributed by atoms with Crippen LogP contribution in [0.15, 0.2) is 24.3 Å². The standard InChI is InChI=1S/C14H17NO3/c1-3-9-18-13-8-6-5-7-12(13)10-15-11-14(16)17-4-2/h1,5-8,15H,4,9-11H2,2H3. The molecule has 0 fully saturated rings. The molecular weight excluding hydrogens is 230 g/mol. The Morgan fingerprint density at radius 2 is 2.22 bits per heavy atom. The fourth-order valence-electron chi connectivity index (χ4n) is 1.42. The van der Waals surface area contributed by atoms with Crippen molar-refractivity contribution >= 4 is 5.97 Å². The predicted molar refractivity (Wildman–Crippen MR) is 69.1 cm³/mol. The third-order valence-corrected chi connectivity index (χ3v) is 2.17. The highest BCUT2D eigenvalue weighted by Gasteiger charge is 2.04. The summed E-state index contributed by atoms with van der Waals surface area (Å²) in [6.45, 7) is 3.11. The number of ether oxygens (including phenoxy) is 2. The summed E-state index contributed by atoms with van der Waals surface area (Å²) < 4.78 is 10.2. The van der Waals surface area contributed by atoms with Crippen molar-refractivity contribution in [1.82, 2.24) is 5.32 Å². The van der Waals surface area contributed by atoms with Crippen molar-refractivity contribution in [2.24, 2.45) is 0 Å². The molecule has 1 rings (SSSR count). The van der Waals surface area contributed by atoms with Gasteiger partial charge in [-0.15, -0.1) is 6.42 Å². The molecule has 0 aliphatic heterocycles. The zero-order valence-electron chi connectivity index (χ0n) is 10.4. The Bertz CT molecular complexity index is 423. The molecule has 0 bridgehead atoms. The van der Waals surface area contributed by atoms with Crippen LogP contribution in [-0.4, -0.2) is 25.7 Å². The third kappa shape index (κ3) is 4.89. The van der Waals surface area contributed by atoms with Crippen LogP contribution in [0.4, 0.5) is 0 Å². The Morgan fingerprint density at radius 3 is 2.94 bits per heavy atom. The van der Waals surface area contributed by atoms with Gasteiger partial charge in [-0.05, 0) is 13.0 Å². The monoisotopic (exact) mass is 247 g/mol. The summed E-state index contributed by atoms with van der Waals surface area (Å²) in [7, 11) is 0. The van der Waals surface area contributed by atoms with E-state index in [0.29, 0.717) is 13.2 Å². The molecule has 0 aromatic heterocycles. The highest BCUT2D eigenvalue weighted by atomic mass is 16.5. The number of hydrogen-bond acceptors (Lipinski definition) is 4. The SMILES string of the molecule is C#CCOc1ccccc1CNCC(=O)OCC. The van der Waals surface area contributed by atoms with Crippen LogP contribution in [0.25, 0.3) is 0 Å². The van der Waals surface area contributed by atoms with Gasteiger partial charge in [0.05, 0.1) is 13.2 Å². The van der Waals surface area contributed by atoms with Crippen molar-refractivity contribution < 1.29 is 14.3 Å². The molecule has 0 heterocycles. The minimum Gasteiger partial charge on any atom is -0.481 e. The van der Waals surface area contributed by atoms with Crippen LogP contribution in [0, 0.1) is 12.3 Å². The molecule has 96 valence electrons. The maximum Gasteiger partial charge on any atom is 0.319 e. The van der Waals surface area contributed by atoms with Gasteiger partial charge < -0.3 is 14.8 Å². The summed E-state index contributed by atoms with van der Waals surface area (Å²) in [6.07, 6.45) is 5.15. The second-order valence-corrected chi connectivity index (χ2v) is 3.51. The number of carbonyl (C=O) groups excluding carboxylic acids is 1. The van der Waals surface area contributed by atoms with Gasteiger partial charge in [-0.3, -0.25) is 4.79 Å². The summed E-state index contributed by atoms with van der Waals surface area (Å²) in [6, 6.07) is 7.55. The van der Waals surface area contributed by atoms with E-state index in [9.17, 15) is 4.79 Å². The van der Waals surface area contributed by atoms with E-state index in [1.807, 2.05) is 24.3 Å². The van der Waals surface area contributed by atoms with Crippen LogP contribution in [0.5, 0.6) is 5.75 Å². The zero-order chi connectivity index (χ0) is 13.2. The first-order valence-corrected chi connectivity index (χ1v) is 5.78. The van der Waals surface area contributed by atoms with Crippen LogP contribution in [0.2, 0.25) is 0 Å². The fourth-order valence-corrected chi connectivity index (χ4v) is 1.42. The average molecular weight is 247 g/mol. The van der Waals surface area contributed by atoms with E-state index in [0.717, 1.165) is 11.3 Å². The van der Waals surface area contributed by atoms with Gasteiger partial charge in [0.2, 0.25) is 0 Å². The largest absolute Gasteiger partial charge is 0.481 e. The number of carbonyl (C=O) groups is 1. The molecular formula is C14H17NO3. The smallest absolute Gasteiger partial charge is 0.319 e. The molecule has 18 heavy (non-hydrogen) atoms. The molecule has 0 unspecified atom stereocenters. The van der Waals surface area contributed by atoms with E-state index >= 15 is 0 Å². The Morgan fingerprint density at radius 1 is 1.44 bits per heavy atom. The molecule has 1 N–H and O–H groups in total. The van der Waals surface area contributed by atoms with Crippen LogP contribution in [0.1, 0.15) is 12.5 Å². The van der Waals surface area contributed by atoms with Crippen molar-refractivity contribution in [3.05, 3.63) is 29.8 Å². The zero-order valence-corrected chi connectivity index (χ0v) is 10.4. The van der Waals surface area contributed by atoms with Gasteiger partial charge >= 0.3 is 5.97 Å². The number of terminal acetylenes is 1. The molecule has 0 aliphatic rings. The molecule has 0 saturated carbocycles. The second-order valence-electron chi connectivity index (χ2n) is 3.51. The molecule has 0 spiro atoms. The minimum atomic E-state index is -0.264. The molecule has 1 aromatic carbocycles. The predicted octanol–water partition coefficient (Wildman–Crippen LogP) is 1.35. The quantitative estimate of drug-likeness (QED) is 0.583. The van der Waals surface area contributed by atoms with Gasteiger partial charge in [-0.1, -0.05) is 24.1 Å². The molecule has 0 saturated heterocycles. The van der Waals surface area contributed by atoms with E-state index in [1.165, 1.54) is 0 Å². The van der Waals surface area contributed by atoms with E-state index < -0.39 is 0 Å². The summed E-state index contributed by atoms with van der Waals surface area (Å²) in [5.74, 6) is 2.88. The Labute approximate surface area is 107 Å².